The van der Waals surface area contributed by atoms with E-state index in [1.165, 1.54) is 23.0 Å². The molecule has 2 aromatic heterocycles. The van der Waals surface area contributed by atoms with Gasteiger partial charge in [-0.05, 0) is 30.5 Å². The molecule has 1 saturated heterocycles. The summed E-state index contributed by atoms with van der Waals surface area (Å²) in [6.45, 7) is 1.74. The van der Waals surface area contributed by atoms with Gasteiger partial charge in [0.2, 0.25) is 5.82 Å². The molecule has 1 aliphatic rings. The number of aromatic nitrogens is 4. The first-order chi connectivity index (χ1) is 16.7. The van der Waals surface area contributed by atoms with Crippen molar-refractivity contribution >= 4 is 17.0 Å². The number of aliphatic hydroxyl groups is 3. The molecule has 4 N–H and O–H groups in total. The molecule has 10 nitrogen and oxygen atoms in total. The minimum absolute atomic E-state index is 0.0639. The van der Waals surface area contributed by atoms with Crippen molar-refractivity contribution in [3.05, 3.63) is 47.5 Å². The van der Waals surface area contributed by atoms with Crippen LogP contribution in [0.1, 0.15) is 36.5 Å². The van der Waals surface area contributed by atoms with Gasteiger partial charge in [-0.15, -0.1) is 0 Å². The van der Waals surface area contributed by atoms with Crippen LogP contribution in [-0.4, -0.2) is 66.4 Å². The standard InChI is InChI=1S/C22H22F3N5O5/c1-2-8-34-29-19-16-20(30(11-26-16)21-18(33)17(32)14(10-31)35-21)28-15(27-19)7-6-12-4-3-5-13(9-12)22(23,24)25/h3-5,9,11,14,17-18,21,31-33H,2,8,10H2,1H3,(H,27,28,29)/t14-,17-,18-,21-/m1/s1. The molecule has 4 rings (SSSR count). The molecule has 0 bridgehead atoms. The number of benzene rings is 1. The fourth-order valence-corrected chi connectivity index (χ4v) is 3.46. The Morgan fingerprint density at radius 2 is 2.00 bits per heavy atom. The highest BCUT2D eigenvalue weighted by molar-refractivity contribution is 5.83. The number of fused-ring (bicyclic) bond motifs is 1. The molecule has 0 unspecified atom stereocenters. The predicted molar refractivity (Wildman–Crippen MR) is 116 cm³/mol. The van der Waals surface area contributed by atoms with Gasteiger partial charge in [0.25, 0.3) is 0 Å². The normalized spacial score (nSPS) is 22.3. The lowest BCUT2D eigenvalue weighted by Gasteiger charge is -2.16. The van der Waals surface area contributed by atoms with Crippen LogP contribution in [0.25, 0.3) is 11.2 Å². The summed E-state index contributed by atoms with van der Waals surface area (Å²) in [5.41, 5.74) is 2.34. The Morgan fingerprint density at radius 3 is 2.69 bits per heavy atom. The van der Waals surface area contributed by atoms with E-state index in [1.807, 2.05) is 6.92 Å². The van der Waals surface area contributed by atoms with E-state index in [4.69, 9.17) is 9.57 Å². The number of hydrogen-bond donors (Lipinski definition) is 4. The Labute approximate surface area is 197 Å². The van der Waals surface area contributed by atoms with Gasteiger partial charge in [-0.2, -0.15) is 18.2 Å². The fraction of sp³-hybridized carbons (Fsp3) is 0.409. The van der Waals surface area contributed by atoms with Gasteiger partial charge in [-0.1, -0.05) is 18.9 Å². The number of aliphatic hydroxyl groups excluding tert-OH is 3. The maximum absolute atomic E-state index is 13.0. The maximum atomic E-state index is 13.0. The highest BCUT2D eigenvalue weighted by Crippen LogP contribution is 2.32. The molecule has 1 aliphatic heterocycles. The second kappa shape index (κ2) is 10.1. The van der Waals surface area contributed by atoms with Gasteiger partial charge in [0.05, 0.1) is 25.1 Å². The Kier molecular flexibility index (Phi) is 7.20. The Bertz CT molecular complexity index is 1260. The van der Waals surface area contributed by atoms with Crippen molar-refractivity contribution in [1.29, 1.82) is 0 Å². The summed E-state index contributed by atoms with van der Waals surface area (Å²) in [7, 11) is 0. The quantitative estimate of drug-likeness (QED) is 0.230. The van der Waals surface area contributed by atoms with Crippen molar-refractivity contribution in [2.75, 3.05) is 18.7 Å². The van der Waals surface area contributed by atoms with Gasteiger partial charge in [0.15, 0.2) is 23.2 Å². The summed E-state index contributed by atoms with van der Waals surface area (Å²) in [6.07, 6.45) is -7.33. The van der Waals surface area contributed by atoms with Crippen LogP contribution in [0.15, 0.2) is 30.6 Å². The smallest absolute Gasteiger partial charge is 0.394 e. The number of anilines is 1. The molecule has 0 spiro atoms. The zero-order valence-corrected chi connectivity index (χ0v) is 18.4. The van der Waals surface area contributed by atoms with E-state index < -0.39 is 42.9 Å². The number of halogens is 3. The topological polar surface area (TPSA) is 135 Å². The van der Waals surface area contributed by atoms with Crippen molar-refractivity contribution in [1.82, 2.24) is 19.5 Å². The Balaban J connectivity index is 1.75. The number of rotatable bonds is 6. The molecule has 0 saturated carbocycles. The van der Waals surface area contributed by atoms with Crippen molar-refractivity contribution in [3.63, 3.8) is 0 Å². The second-order valence-corrected chi connectivity index (χ2v) is 7.73. The molecule has 3 heterocycles. The zero-order valence-electron chi connectivity index (χ0n) is 18.4. The first kappa shape index (κ1) is 24.8. The number of alkyl halides is 3. The van der Waals surface area contributed by atoms with E-state index in [2.05, 4.69) is 32.3 Å². The first-order valence-corrected chi connectivity index (χ1v) is 10.7. The van der Waals surface area contributed by atoms with Crippen molar-refractivity contribution in [2.45, 2.75) is 44.1 Å². The van der Waals surface area contributed by atoms with Crippen LogP contribution in [0, 0.1) is 11.8 Å². The fourth-order valence-electron chi connectivity index (χ4n) is 3.46. The molecular weight excluding hydrogens is 471 g/mol. The monoisotopic (exact) mass is 493 g/mol. The number of nitrogens with one attached hydrogen (secondary N) is 1. The molecular formula is C22H22F3N5O5. The summed E-state index contributed by atoms with van der Waals surface area (Å²) in [5.74, 6) is 5.34. The van der Waals surface area contributed by atoms with Crippen LogP contribution >= 0.6 is 0 Å². The van der Waals surface area contributed by atoms with E-state index in [0.29, 0.717) is 13.0 Å². The second-order valence-electron chi connectivity index (χ2n) is 7.73. The minimum Gasteiger partial charge on any atom is -0.394 e. The summed E-state index contributed by atoms with van der Waals surface area (Å²) >= 11 is 0. The summed E-state index contributed by atoms with van der Waals surface area (Å²) in [6, 6.07) is 4.53. The largest absolute Gasteiger partial charge is 0.416 e. The van der Waals surface area contributed by atoms with Crippen LogP contribution in [-0.2, 0) is 15.8 Å². The molecule has 0 radical (unpaired) electrons. The highest BCUT2D eigenvalue weighted by Gasteiger charge is 2.44. The van der Waals surface area contributed by atoms with Crippen LogP contribution < -0.4 is 5.48 Å². The van der Waals surface area contributed by atoms with Gasteiger partial charge < -0.3 is 20.1 Å². The van der Waals surface area contributed by atoms with E-state index >= 15 is 0 Å². The molecule has 3 aromatic rings. The van der Waals surface area contributed by atoms with Crippen LogP contribution in [0.2, 0.25) is 0 Å². The van der Waals surface area contributed by atoms with Gasteiger partial charge in [0, 0.05) is 5.56 Å². The lowest BCUT2D eigenvalue weighted by Crippen LogP contribution is -2.33. The van der Waals surface area contributed by atoms with Gasteiger partial charge in [-0.3, -0.25) is 9.40 Å². The van der Waals surface area contributed by atoms with E-state index in [1.54, 1.807) is 0 Å². The third-order valence-electron chi connectivity index (χ3n) is 5.20. The molecule has 186 valence electrons. The van der Waals surface area contributed by atoms with Crippen LogP contribution in [0.3, 0.4) is 0 Å². The van der Waals surface area contributed by atoms with Crippen molar-refractivity contribution in [2.24, 2.45) is 0 Å². The molecule has 1 aromatic carbocycles. The van der Waals surface area contributed by atoms with Gasteiger partial charge >= 0.3 is 6.18 Å². The first-order valence-electron chi connectivity index (χ1n) is 10.7. The number of nitrogens with zero attached hydrogens (tertiary/aromatic N) is 4. The molecule has 35 heavy (non-hydrogen) atoms. The number of imidazole rings is 1. The lowest BCUT2D eigenvalue weighted by atomic mass is 10.1. The van der Waals surface area contributed by atoms with Crippen molar-refractivity contribution < 1.29 is 38.1 Å². The molecule has 4 atom stereocenters. The minimum atomic E-state index is -4.51. The average molecular weight is 493 g/mol. The Hall–Kier alpha value is -3.28. The molecule has 1 fully saturated rings. The summed E-state index contributed by atoms with van der Waals surface area (Å²) < 4.78 is 45.9. The van der Waals surface area contributed by atoms with E-state index in [0.717, 1.165) is 12.1 Å². The molecule has 0 aliphatic carbocycles. The summed E-state index contributed by atoms with van der Waals surface area (Å²) in [5, 5.41) is 29.9. The zero-order chi connectivity index (χ0) is 25.2. The third kappa shape index (κ3) is 5.21. The van der Waals surface area contributed by atoms with Crippen LogP contribution in [0.5, 0.6) is 0 Å². The number of ether oxygens (including phenoxy) is 1. The number of hydrogen-bond acceptors (Lipinski definition) is 9. The highest BCUT2D eigenvalue weighted by atomic mass is 19.4. The van der Waals surface area contributed by atoms with Gasteiger partial charge in [0.1, 0.15) is 18.3 Å². The van der Waals surface area contributed by atoms with E-state index in [-0.39, 0.29) is 28.4 Å². The van der Waals surface area contributed by atoms with Gasteiger partial charge in [-0.25, -0.2) is 15.4 Å². The predicted octanol–water partition coefficient (Wildman–Crippen LogP) is 1.61. The summed E-state index contributed by atoms with van der Waals surface area (Å²) in [4.78, 5) is 18.2. The molecule has 0 amide bonds. The lowest BCUT2D eigenvalue weighted by molar-refractivity contribution is -0.137. The SMILES string of the molecule is CCCONc1nc(C#Cc2cccc(C(F)(F)F)c2)nc2c1ncn2[C@@H]1O[C@H](CO)[C@@H](O)[C@H]1O. The maximum Gasteiger partial charge on any atom is 0.416 e. The molecule has 13 heteroatoms. The van der Waals surface area contributed by atoms with E-state index in [9.17, 15) is 28.5 Å². The third-order valence-corrected chi connectivity index (χ3v) is 5.20. The van der Waals surface area contributed by atoms with Crippen LogP contribution in [0.4, 0.5) is 19.0 Å². The Morgan fingerprint density at radius 1 is 1.20 bits per heavy atom. The average Bonchev–Trinajstić information content (AvgIpc) is 3.38. The van der Waals surface area contributed by atoms with Crippen molar-refractivity contribution in [3.8, 4) is 11.8 Å².